The molecule has 3 nitrogen and oxygen atoms in total. The summed E-state index contributed by atoms with van der Waals surface area (Å²) in [6, 6.07) is 5.05. The molecule has 2 rings (SSSR count). The molecule has 1 aliphatic heterocycles. The molecular weight excluding hydrogens is 237 g/mol. The topological polar surface area (TPSA) is 46.2 Å². The molecule has 0 aliphatic carbocycles. The van der Waals surface area contributed by atoms with E-state index in [4.69, 9.17) is 23.2 Å². The minimum Gasteiger partial charge on any atom is -0.296 e. The summed E-state index contributed by atoms with van der Waals surface area (Å²) < 4.78 is 0. The van der Waals surface area contributed by atoms with Gasteiger partial charge in [-0.2, -0.15) is 0 Å². The van der Waals surface area contributed by atoms with Crippen LogP contribution >= 0.6 is 23.2 Å². The lowest BCUT2D eigenvalue weighted by atomic mass is 9.98. The summed E-state index contributed by atoms with van der Waals surface area (Å²) in [5.41, 5.74) is 0.604. The van der Waals surface area contributed by atoms with Crippen molar-refractivity contribution >= 4 is 35.0 Å². The molecule has 0 radical (unpaired) electrons. The average molecular weight is 244 g/mol. The molecule has 1 heterocycles. The van der Waals surface area contributed by atoms with E-state index in [1.165, 1.54) is 0 Å². The molecule has 1 aromatic carbocycles. The van der Waals surface area contributed by atoms with Gasteiger partial charge < -0.3 is 0 Å². The Balaban J connectivity index is 2.42. The average Bonchev–Trinajstić information content (AvgIpc) is 2.50. The smallest absolute Gasteiger partial charge is 0.234 e. The number of halogens is 2. The highest BCUT2D eigenvalue weighted by Crippen LogP contribution is 2.34. The molecule has 0 saturated carbocycles. The number of imide groups is 1. The molecule has 1 N–H and O–H groups in total. The lowest BCUT2D eigenvalue weighted by molar-refractivity contribution is -0.125. The van der Waals surface area contributed by atoms with Gasteiger partial charge in [0.2, 0.25) is 11.8 Å². The highest BCUT2D eigenvalue weighted by molar-refractivity contribution is 6.42. The molecule has 1 aliphatic rings. The van der Waals surface area contributed by atoms with Crippen LogP contribution < -0.4 is 5.32 Å². The second-order valence-corrected chi connectivity index (χ2v) is 4.10. The van der Waals surface area contributed by atoms with Gasteiger partial charge in [0.15, 0.2) is 0 Å². The maximum absolute atomic E-state index is 11.4. The Morgan fingerprint density at radius 1 is 1.27 bits per heavy atom. The van der Waals surface area contributed by atoms with E-state index in [0.717, 1.165) is 0 Å². The van der Waals surface area contributed by atoms with Gasteiger partial charge in [0.25, 0.3) is 0 Å². The van der Waals surface area contributed by atoms with Crippen molar-refractivity contribution < 1.29 is 9.59 Å². The lowest BCUT2D eigenvalue weighted by Crippen LogP contribution is -2.21. The summed E-state index contributed by atoms with van der Waals surface area (Å²) in [6.45, 7) is 0. The number of rotatable bonds is 1. The maximum atomic E-state index is 11.4. The van der Waals surface area contributed by atoms with Crippen molar-refractivity contribution in [1.82, 2.24) is 5.32 Å². The zero-order valence-electron chi connectivity index (χ0n) is 7.59. The molecule has 78 valence electrons. The van der Waals surface area contributed by atoms with Crippen LogP contribution in [-0.4, -0.2) is 11.8 Å². The minimum atomic E-state index is -0.510. The Labute approximate surface area is 96.4 Å². The number of benzene rings is 1. The van der Waals surface area contributed by atoms with Crippen molar-refractivity contribution in [2.24, 2.45) is 0 Å². The van der Waals surface area contributed by atoms with E-state index in [1.54, 1.807) is 18.2 Å². The van der Waals surface area contributed by atoms with E-state index in [-0.39, 0.29) is 18.2 Å². The summed E-state index contributed by atoms with van der Waals surface area (Å²) in [4.78, 5) is 22.4. The molecule has 5 heteroatoms. The fraction of sp³-hybridized carbons (Fsp3) is 0.200. The van der Waals surface area contributed by atoms with Gasteiger partial charge in [-0.05, 0) is 11.6 Å². The van der Waals surface area contributed by atoms with Crippen molar-refractivity contribution in [3.05, 3.63) is 33.8 Å². The zero-order chi connectivity index (χ0) is 11.0. The van der Waals surface area contributed by atoms with Gasteiger partial charge in [-0.25, -0.2) is 0 Å². The molecule has 15 heavy (non-hydrogen) atoms. The molecule has 1 atom stereocenters. The Hall–Kier alpha value is -1.06. The Bertz CT molecular complexity index is 445. The van der Waals surface area contributed by atoms with Crippen LogP contribution in [0.25, 0.3) is 0 Å². The number of carbonyl (C=O) groups is 2. The molecule has 1 aromatic rings. The second-order valence-electron chi connectivity index (χ2n) is 3.31. The van der Waals surface area contributed by atoms with Crippen molar-refractivity contribution in [2.75, 3.05) is 0 Å². The Morgan fingerprint density at radius 2 is 2.00 bits per heavy atom. The van der Waals surface area contributed by atoms with Crippen LogP contribution in [0.2, 0.25) is 10.0 Å². The quantitative estimate of drug-likeness (QED) is 0.769. The standard InChI is InChI=1S/C10H7Cl2NO2/c11-7-3-1-2-5(9(7)12)6-4-8(14)13-10(6)15/h1-3,6H,4H2,(H,13,14,15). The van der Waals surface area contributed by atoms with Gasteiger partial charge in [-0.15, -0.1) is 0 Å². The highest BCUT2D eigenvalue weighted by Gasteiger charge is 2.33. The maximum Gasteiger partial charge on any atom is 0.234 e. The van der Waals surface area contributed by atoms with E-state index in [1.807, 2.05) is 0 Å². The predicted octanol–water partition coefficient (Wildman–Crippen LogP) is 2.12. The van der Waals surface area contributed by atoms with Crippen LogP contribution in [0.4, 0.5) is 0 Å². The minimum absolute atomic E-state index is 0.138. The summed E-state index contributed by atoms with van der Waals surface area (Å²) in [5, 5.41) is 2.96. The normalized spacial score (nSPS) is 20.5. The molecule has 0 bridgehead atoms. The van der Waals surface area contributed by atoms with Crippen LogP contribution in [0.3, 0.4) is 0 Å². The van der Waals surface area contributed by atoms with E-state index >= 15 is 0 Å². The van der Waals surface area contributed by atoms with Crippen molar-refractivity contribution in [3.63, 3.8) is 0 Å². The van der Waals surface area contributed by atoms with E-state index in [2.05, 4.69) is 5.32 Å². The van der Waals surface area contributed by atoms with Crippen LogP contribution in [0, 0.1) is 0 Å². The first-order valence-electron chi connectivity index (χ1n) is 4.37. The molecule has 1 saturated heterocycles. The number of carbonyl (C=O) groups excluding carboxylic acids is 2. The van der Waals surface area contributed by atoms with Crippen molar-refractivity contribution in [1.29, 1.82) is 0 Å². The first-order chi connectivity index (χ1) is 7.09. The zero-order valence-corrected chi connectivity index (χ0v) is 9.10. The van der Waals surface area contributed by atoms with Crippen LogP contribution in [0.15, 0.2) is 18.2 Å². The molecule has 1 unspecified atom stereocenters. The van der Waals surface area contributed by atoms with E-state index < -0.39 is 5.92 Å². The predicted molar refractivity (Wildman–Crippen MR) is 57.0 cm³/mol. The van der Waals surface area contributed by atoms with Crippen LogP contribution in [0.5, 0.6) is 0 Å². The third-order valence-electron chi connectivity index (χ3n) is 2.33. The fourth-order valence-electron chi connectivity index (χ4n) is 1.59. The van der Waals surface area contributed by atoms with Gasteiger partial charge in [0.05, 0.1) is 16.0 Å². The van der Waals surface area contributed by atoms with Gasteiger partial charge in [-0.3, -0.25) is 14.9 Å². The molecular formula is C10H7Cl2NO2. The first-order valence-corrected chi connectivity index (χ1v) is 5.13. The summed E-state index contributed by atoms with van der Waals surface area (Å²) >= 11 is 11.8. The summed E-state index contributed by atoms with van der Waals surface area (Å²) in [5.74, 6) is -1.10. The summed E-state index contributed by atoms with van der Waals surface area (Å²) in [6.07, 6.45) is 0.138. The largest absolute Gasteiger partial charge is 0.296 e. The lowest BCUT2D eigenvalue weighted by Gasteiger charge is -2.09. The molecule has 1 fully saturated rings. The number of amides is 2. The van der Waals surface area contributed by atoms with Crippen LogP contribution in [0.1, 0.15) is 17.9 Å². The van der Waals surface area contributed by atoms with Crippen molar-refractivity contribution in [2.45, 2.75) is 12.3 Å². The number of hydrogen-bond donors (Lipinski definition) is 1. The van der Waals surface area contributed by atoms with Crippen LogP contribution in [-0.2, 0) is 9.59 Å². The van der Waals surface area contributed by atoms with Gasteiger partial charge >= 0.3 is 0 Å². The number of hydrogen-bond acceptors (Lipinski definition) is 2. The second kappa shape index (κ2) is 3.83. The van der Waals surface area contributed by atoms with E-state index in [9.17, 15) is 9.59 Å². The van der Waals surface area contributed by atoms with Gasteiger partial charge in [-0.1, -0.05) is 35.3 Å². The fourth-order valence-corrected chi connectivity index (χ4v) is 2.03. The highest BCUT2D eigenvalue weighted by atomic mass is 35.5. The monoisotopic (exact) mass is 243 g/mol. The van der Waals surface area contributed by atoms with Gasteiger partial charge in [0.1, 0.15) is 0 Å². The molecule has 0 spiro atoms. The van der Waals surface area contributed by atoms with Gasteiger partial charge in [0, 0.05) is 6.42 Å². The summed E-state index contributed by atoms with van der Waals surface area (Å²) in [7, 11) is 0. The third kappa shape index (κ3) is 1.85. The van der Waals surface area contributed by atoms with Crippen molar-refractivity contribution in [3.8, 4) is 0 Å². The van der Waals surface area contributed by atoms with E-state index in [0.29, 0.717) is 15.6 Å². The Morgan fingerprint density at radius 3 is 2.60 bits per heavy atom. The Kier molecular flexibility index (Phi) is 2.67. The number of nitrogens with one attached hydrogen (secondary N) is 1. The molecule has 2 amide bonds. The SMILES string of the molecule is O=C1CC(c2cccc(Cl)c2Cl)C(=O)N1. The third-order valence-corrected chi connectivity index (χ3v) is 3.16. The molecule has 0 aromatic heterocycles. The first kappa shape index (κ1) is 10.5.